The van der Waals surface area contributed by atoms with E-state index < -0.39 is 5.91 Å². The molecule has 1 aromatic carbocycles. The Bertz CT molecular complexity index is 1040. The van der Waals surface area contributed by atoms with E-state index in [2.05, 4.69) is 16.5 Å². The molecule has 2 heterocycles. The third-order valence-corrected chi connectivity index (χ3v) is 6.41. The molecule has 10 heteroatoms. The molecule has 2 aliphatic rings. The number of halogens is 1. The summed E-state index contributed by atoms with van der Waals surface area (Å²) in [4.78, 5) is 26.1. The molecule has 2 amide bonds. The van der Waals surface area contributed by atoms with E-state index in [1.54, 1.807) is 15.8 Å². The molecule has 1 atom stereocenters. The second-order valence-electron chi connectivity index (χ2n) is 8.56. The topological polar surface area (TPSA) is 126 Å². The Morgan fingerprint density at radius 2 is 1.94 bits per heavy atom. The van der Waals surface area contributed by atoms with Gasteiger partial charge in [0.05, 0.1) is 18.5 Å². The Morgan fingerprint density at radius 3 is 2.52 bits per heavy atom. The van der Waals surface area contributed by atoms with Crippen molar-refractivity contribution in [2.75, 3.05) is 18.4 Å². The normalized spacial score (nSPS) is 17.6. The van der Waals surface area contributed by atoms with Crippen molar-refractivity contribution in [3.05, 3.63) is 41.8 Å². The number of nitriles is 1. The van der Waals surface area contributed by atoms with Gasteiger partial charge in [-0.3, -0.25) is 9.48 Å². The van der Waals surface area contributed by atoms with Gasteiger partial charge in [0.25, 0.3) is 5.91 Å². The van der Waals surface area contributed by atoms with Gasteiger partial charge in [0, 0.05) is 25.0 Å². The molecule has 2 fully saturated rings. The summed E-state index contributed by atoms with van der Waals surface area (Å²) in [5.74, 6) is -0.691. The lowest BCUT2D eigenvalue weighted by atomic mass is 9.88. The fourth-order valence-electron chi connectivity index (χ4n) is 4.25. The summed E-state index contributed by atoms with van der Waals surface area (Å²) in [6.45, 7) is 1.09. The minimum absolute atomic E-state index is 0.0462. The van der Waals surface area contributed by atoms with Gasteiger partial charge in [-0.15, -0.1) is 0 Å². The molecule has 9 nitrogen and oxygen atoms in total. The molecular formula is C23H27FN6O3. The van der Waals surface area contributed by atoms with E-state index in [4.69, 9.17) is 10.5 Å². The molecule has 0 bridgehead atoms. The molecule has 174 valence electrons. The number of nitrogens with one attached hydrogen (secondary N) is 1. The maximum atomic E-state index is 13.2. The minimum Gasteiger partial charge on any atom is -0.446 e. The first-order valence-corrected chi connectivity index (χ1v) is 11.2. The molecule has 1 saturated carbocycles. The highest BCUT2D eigenvalue weighted by molar-refractivity contribution is 5.98. The fourth-order valence-corrected chi connectivity index (χ4v) is 4.25. The van der Waals surface area contributed by atoms with Crippen LogP contribution in [-0.4, -0.2) is 45.9 Å². The predicted octanol–water partition coefficient (Wildman–Crippen LogP) is 3.72. The second kappa shape index (κ2) is 9.90. The van der Waals surface area contributed by atoms with Gasteiger partial charge >= 0.3 is 6.09 Å². The number of hydrogen-bond acceptors (Lipinski definition) is 6. The van der Waals surface area contributed by atoms with Crippen molar-refractivity contribution in [3.63, 3.8) is 0 Å². The number of rotatable bonds is 7. The van der Waals surface area contributed by atoms with E-state index >= 15 is 0 Å². The maximum absolute atomic E-state index is 13.2. The van der Waals surface area contributed by atoms with Crippen LogP contribution in [0.25, 0.3) is 0 Å². The molecule has 1 saturated heterocycles. The van der Waals surface area contributed by atoms with Gasteiger partial charge < -0.3 is 20.7 Å². The Kier molecular flexibility index (Phi) is 6.77. The number of carbonyl (C=O) groups is 2. The monoisotopic (exact) mass is 454 g/mol. The van der Waals surface area contributed by atoms with Crippen LogP contribution in [0.2, 0.25) is 0 Å². The summed E-state index contributed by atoms with van der Waals surface area (Å²) >= 11 is 0. The summed E-state index contributed by atoms with van der Waals surface area (Å²) in [6.07, 6.45) is 5.88. The van der Waals surface area contributed by atoms with Crippen LogP contribution in [0, 0.1) is 23.1 Å². The summed E-state index contributed by atoms with van der Waals surface area (Å²) in [7, 11) is 0. The van der Waals surface area contributed by atoms with Crippen LogP contribution in [0.5, 0.6) is 0 Å². The Labute approximate surface area is 191 Å². The summed E-state index contributed by atoms with van der Waals surface area (Å²) in [5.41, 5.74) is 6.29. The zero-order chi connectivity index (χ0) is 23.4. The number of benzene rings is 1. The third-order valence-electron chi connectivity index (χ3n) is 6.41. The van der Waals surface area contributed by atoms with Crippen LogP contribution >= 0.6 is 0 Å². The van der Waals surface area contributed by atoms with Crippen molar-refractivity contribution < 1.29 is 18.7 Å². The van der Waals surface area contributed by atoms with E-state index in [0.717, 1.165) is 19.3 Å². The van der Waals surface area contributed by atoms with E-state index in [9.17, 15) is 19.2 Å². The number of nitrogens with two attached hydrogens (primary N) is 1. The van der Waals surface area contributed by atoms with E-state index in [1.807, 2.05) is 0 Å². The van der Waals surface area contributed by atoms with E-state index in [-0.39, 0.29) is 47.8 Å². The lowest BCUT2D eigenvalue weighted by molar-refractivity contribution is 0.0182. The molecule has 0 unspecified atom stereocenters. The van der Waals surface area contributed by atoms with Crippen LogP contribution in [0.4, 0.5) is 20.7 Å². The van der Waals surface area contributed by atoms with Crippen molar-refractivity contribution >= 4 is 23.5 Å². The number of nitrogens with zero attached hydrogens (tertiary/aromatic N) is 4. The Morgan fingerprint density at radius 1 is 1.24 bits per heavy atom. The molecule has 3 N–H and O–H groups in total. The number of carbonyl (C=O) groups excluding carboxylic acids is 2. The Hall–Kier alpha value is -3.61. The number of hydrogen-bond donors (Lipinski definition) is 2. The highest BCUT2D eigenvalue weighted by atomic mass is 19.1. The number of aromatic nitrogens is 2. The van der Waals surface area contributed by atoms with Gasteiger partial charge in [-0.1, -0.05) is 0 Å². The number of anilines is 2. The fraction of sp³-hybridized carbons (Fsp3) is 0.478. The quantitative estimate of drug-likeness (QED) is 0.657. The van der Waals surface area contributed by atoms with Gasteiger partial charge in [-0.2, -0.15) is 10.4 Å². The SMILES string of the molecule is N#CC[C@@H](C1CCN(C(=O)OC2CCC2)CC1)n1cc(C(N)=O)c(Nc2ccc(F)cc2)n1. The van der Waals surface area contributed by atoms with Crippen molar-refractivity contribution in [1.82, 2.24) is 14.7 Å². The molecule has 1 aliphatic heterocycles. The number of amides is 2. The van der Waals surface area contributed by atoms with Crippen LogP contribution in [0.15, 0.2) is 30.5 Å². The standard InChI is InChI=1S/C23H27FN6O3/c24-16-4-6-17(7-5-16)27-22-19(21(26)31)14-30(28-22)20(8-11-25)15-9-12-29(13-10-15)23(32)33-18-2-1-3-18/h4-7,14-15,18,20H,1-3,8-10,12-13H2,(H2,26,31)(H,27,28)/t20-/m0/s1. The number of piperidine rings is 1. The van der Waals surface area contributed by atoms with Crippen LogP contribution in [0.3, 0.4) is 0 Å². The Balaban J connectivity index is 1.47. The van der Waals surface area contributed by atoms with E-state index in [1.165, 1.54) is 24.3 Å². The van der Waals surface area contributed by atoms with Crippen molar-refractivity contribution in [1.29, 1.82) is 5.26 Å². The van der Waals surface area contributed by atoms with Gasteiger partial charge in [0.1, 0.15) is 17.5 Å². The first kappa shape index (κ1) is 22.6. The molecule has 0 radical (unpaired) electrons. The largest absolute Gasteiger partial charge is 0.446 e. The lowest BCUT2D eigenvalue weighted by Gasteiger charge is -2.36. The van der Waals surface area contributed by atoms with Crippen LogP contribution in [0.1, 0.15) is 54.9 Å². The van der Waals surface area contributed by atoms with Gasteiger partial charge in [-0.05, 0) is 62.3 Å². The molecule has 4 rings (SSSR count). The second-order valence-corrected chi connectivity index (χ2v) is 8.56. The minimum atomic E-state index is -0.657. The zero-order valence-electron chi connectivity index (χ0n) is 18.2. The highest BCUT2D eigenvalue weighted by Crippen LogP contribution is 2.33. The van der Waals surface area contributed by atoms with E-state index in [0.29, 0.717) is 31.6 Å². The average Bonchev–Trinajstić information content (AvgIpc) is 3.20. The van der Waals surface area contributed by atoms with Crippen LogP contribution < -0.4 is 11.1 Å². The predicted molar refractivity (Wildman–Crippen MR) is 118 cm³/mol. The number of likely N-dealkylation sites (tertiary alicyclic amines) is 1. The summed E-state index contributed by atoms with van der Waals surface area (Å²) in [5, 5.41) is 16.9. The molecule has 33 heavy (non-hydrogen) atoms. The first-order chi connectivity index (χ1) is 15.9. The zero-order valence-corrected chi connectivity index (χ0v) is 18.2. The maximum Gasteiger partial charge on any atom is 0.410 e. The first-order valence-electron chi connectivity index (χ1n) is 11.2. The van der Waals surface area contributed by atoms with Crippen molar-refractivity contribution in [2.45, 2.75) is 50.7 Å². The molecule has 0 spiro atoms. The van der Waals surface area contributed by atoms with Crippen LogP contribution in [-0.2, 0) is 4.74 Å². The van der Waals surface area contributed by atoms with Gasteiger partial charge in [0.2, 0.25) is 0 Å². The molecular weight excluding hydrogens is 427 g/mol. The smallest absolute Gasteiger partial charge is 0.410 e. The highest BCUT2D eigenvalue weighted by Gasteiger charge is 2.33. The number of primary amides is 1. The third kappa shape index (κ3) is 5.25. The summed E-state index contributed by atoms with van der Waals surface area (Å²) in [6, 6.07) is 7.59. The van der Waals surface area contributed by atoms with Gasteiger partial charge in [-0.25, -0.2) is 9.18 Å². The molecule has 2 aromatic rings. The molecule has 1 aromatic heterocycles. The van der Waals surface area contributed by atoms with Crippen molar-refractivity contribution in [2.24, 2.45) is 11.7 Å². The van der Waals surface area contributed by atoms with Gasteiger partial charge in [0.15, 0.2) is 5.82 Å². The number of ether oxygens (including phenoxy) is 1. The summed E-state index contributed by atoms with van der Waals surface area (Å²) < 4.78 is 20.3. The van der Waals surface area contributed by atoms with Crippen molar-refractivity contribution in [3.8, 4) is 6.07 Å². The average molecular weight is 455 g/mol. The lowest BCUT2D eigenvalue weighted by Crippen LogP contribution is -2.42. The molecule has 1 aliphatic carbocycles.